The van der Waals surface area contributed by atoms with Crippen molar-refractivity contribution in [3.05, 3.63) is 111 Å². The molecule has 0 spiro atoms. The number of hydrogen-bond donors (Lipinski definition) is 0. The van der Waals surface area contributed by atoms with Crippen LogP contribution in [0.4, 0.5) is 0 Å². The van der Waals surface area contributed by atoms with Gasteiger partial charge in [-0.15, -0.1) is 10.2 Å². The topological polar surface area (TPSA) is 75.7 Å². The Hall–Kier alpha value is -4.01. The molecule has 9 heteroatoms. The van der Waals surface area contributed by atoms with Gasteiger partial charge < -0.3 is 4.90 Å². The average molecular weight is 541 g/mol. The number of para-hydroxylation sites is 1. The number of rotatable bonds is 7. The number of carbonyl (C=O) groups is 1. The van der Waals surface area contributed by atoms with Crippen molar-refractivity contribution in [2.45, 2.75) is 25.9 Å². The van der Waals surface area contributed by atoms with Gasteiger partial charge in [-0.1, -0.05) is 66.2 Å². The molecular formula is C30H29ClN6O2. The molecule has 0 N–H and O–H groups in total. The molecule has 3 heterocycles. The summed E-state index contributed by atoms with van der Waals surface area (Å²) in [6.07, 6.45) is 0.775. The number of benzene rings is 3. The monoisotopic (exact) mass is 540 g/mol. The normalized spacial score (nSPS) is 14.3. The summed E-state index contributed by atoms with van der Waals surface area (Å²) < 4.78 is 3.55. The minimum atomic E-state index is -0.128. The van der Waals surface area contributed by atoms with Gasteiger partial charge in [0.2, 0.25) is 11.7 Å². The van der Waals surface area contributed by atoms with E-state index in [1.54, 1.807) is 4.57 Å². The molecule has 0 unspecified atom stereocenters. The van der Waals surface area contributed by atoms with Crippen molar-refractivity contribution in [3.63, 3.8) is 0 Å². The quantitative estimate of drug-likeness (QED) is 0.312. The number of aromatic nitrogens is 4. The lowest BCUT2D eigenvalue weighted by Crippen LogP contribution is -2.48. The zero-order valence-electron chi connectivity index (χ0n) is 21.5. The van der Waals surface area contributed by atoms with Crippen molar-refractivity contribution >= 4 is 34.2 Å². The molecule has 1 amide bonds. The Morgan fingerprint density at radius 3 is 2.26 bits per heavy atom. The number of halogens is 1. The highest BCUT2D eigenvalue weighted by Gasteiger charge is 2.22. The van der Waals surface area contributed by atoms with E-state index in [4.69, 9.17) is 11.6 Å². The van der Waals surface area contributed by atoms with Gasteiger partial charge >= 0.3 is 0 Å². The fourth-order valence-corrected chi connectivity index (χ4v) is 5.39. The van der Waals surface area contributed by atoms with Gasteiger partial charge in [-0.2, -0.15) is 0 Å². The minimum absolute atomic E-state index is 0.116. The van der Waals surface area contributed by atoms with Crippen LogP contribution in [0, 0.1) is 0 Å². The molecule has 6 rings (SSSR count). The van der Waals surface area contributed by atoms with E-state index in [0.717, 1.165) is 43.8 Å². The third kappa shape index (κ3) is 5.30. The fourth-order valence-electron chi connectivity index (χ4n) is 5.27. The van der Waals surface area contributed by atoms with Crippen LogP contribution >= 0.6 is 11.6 Å². The van der Waals surface area contributed by atoms with Crippen LogP contribution in [0.2, 0.25) is 5.02 Å². The maximum absolute atomic E-state index is 13.4. The zero-order chi connectivity index (χ0) is 26.8. The van der Waals surface area contributed by atoms with E-state index in [2.05, 4.69) is 39.4 Å². The Morgan fingerprint density at radius 2 is 1.49 bits per heavy atom. The Balaban J connectivity index is 1.19. The summed E-state index contributed by atoms with van der Waals surface area (Å²) in [5.41, 5.74) is 2.84. The summed E-state index contributed by atoms with van der Waals surface area (Å²) in [7, 11) is 0. The standard InChI is InChI=1S/C30H29ClN6O2/c31-24-12-10-23(11-13-24)21-36-29(39)25-8-4-5-9-26(25)37-27(32-33-30(36)37)14-15-28(38)35-18-16-34(17-19-35)20-22-6-2-1-3-7-22/h1-13H,14-21H2. The number of nitrogens with zero attached hydrogens (tertiary/aromatic N) is 6. The van der Waals surface area contributed by atoms with Crippen molar-refractivity contribution in [1.29, 1.82) is 0 Å². The van der Waals surface area contributed by atoms with Crippen LogP contribution in [0.1, 0.15) is 23.4 Å². The molecule has 0 saturated carbocycles. The van der Waals surface area contributed by atoms with Crippen molar-refractivity contribution < 1.29 is 4.79 Å². The molecule has 5 aromatic rings. The second kappa shape index (κ2) is 11.0. The van der Waals surface area contributed by atoms with E-state index >= 15 is 0 Å². The first-order chi connectivity index (χ1) is 19.1. The Kier molecular flexibility index (Phi) is 7.13. The van der Waals surface area contributed by atoms with Gasteiger partial charge in [-0.3, -0.25) is 23.5 Å². The van der Waals surface area contributed by atoms with Crippen LogP contribution in [0.25, 0.3) is 16.7 Å². The summed E-state index contributed by atoms with van der Waals surface area (Å²) in [6, 6.07) is 25.3. The van der Waals surface area contributed by atoms with E-state index in [9.17, 15) is 9.59 Å². The molecule has 0 atom stereocenters. The van der Waals surface area contributed by atoms with E-state index in [1.165, 1.54) is 5.56 Å². The molecule has 3 aromatic carbocycles. The first kappa shape index (κ1) is 25.3. The van der Waals surface area contributed by atoms with Crippen LogP contribution in [0.15, 0.2) is 83.7 Å². The van der Waals surface area contributed by atoms with E-state index in [1.807, 2.05) is 63.9 Å². The Bertz CT molecular complexity index is 1670. The zero-order valence-corrected chi connectivity index (χ0v) is 22.3. The lowest BCUT2D eigenvalue weighted by molar-refractivity contribution is -0.133. The number of aryl methyl sites for hydroxylation is 1. The van der Waals surface area contributed by atoms with Gasteiger partial charge in [0, 0.05) is 50.6 Å². The average Bonchev–Trinajstić information content (AvgIpc) is 3.40. The second-order valence-electron chi connectivity index (χ2n) is 9.93. The van der Waals surface area contributed by atoms with Crippen molar-refractivity contribution in [2.24, 2.45) is 0 Å². The molecule has 198 valence electrons. The summed E-state index contributed by atoms with van der Waals surface area (Å²) in [6.45, 7) is 4.39. The third-order valence-electron chi connectivity index (χ3n) is 7.37. The van der Waals surface area contributed by atoms with Crippen LogP contribution in [-0.4, -0.2) is 61.1 Å². The largest absolute Gasteiger partial charge is 0.340 e. The lowest BCUT2D eigenvalue weighted by Gasteiger charge is -2.34. The van der Waals surface area contributed by atoms with Gasteiger partial charge in [0.15, 0.2) is 0 Å². The number of amides is 1. The predicted octanol–water partition coefficient (Wildman–Crippen LogP) is 4.02. The van der Waals surface area contributed by atoms with Crippen molar-refractivity contribution in [3.8, 4) is 0 Å². The minimum Gasteiger partial charge on any atom is -0.340 e. The molecule has 1 aliphatic heterocycles. The molecule has 8 nitrogen and oxygen atoms in total. The van der Waals surface area contributed by atoms with Gasteiger partial charge in [-0.25, -0.2) is 0 Å². The molecule has 1 fully saturated rings. The number of piperazine rings is 1. The van der Waals surface area contributed by atoms with E-state index in [-0.39, 0.29) is 11.5 Å². The van der Waals surface area contributed by atoms with Crippen LogP contribution < -0.4 is 5.56 Å². The SMILES string of the molecule is O=C(CCc1nnc2n(Cc3ccc(Cl)cc3)c(=O)c3ccccc3n12)N1CCN(Cc2ccccc2)CC1. The fraction of sp³-hybridized carbons (Fsp3) is 0.267. The van der Waals surface area contributed by atoms with Crippen LogP contribution in [-0.2, 0) is 24.3 Å². The van der Waals surface area contributed by atoms with E-state index < -0.39 is 0 Å². The molecule has 1 saturated heterocycles. The Morgan fingerprint density at radius 1 is 0.795 bits per heavy atom. The maximum atomic E-state index is 13.4. The molecule has 39 heavy (non-hydrogen) atoms. The van der Waals surface area contributed by atoms with Gasteiger partial charge in [0.1, 0.15) is 5.82 Å². The lowest BCUT2D eigenvalue weighted by atomic mass is 10.2. The highest BCUT2D eigenvalue weighted by Crippen LogP contribution is 2.18. The highest BCUT2D eigenvalue weighted by atomic mass is 35.5. The number of carbonyl (C=O) groups excluding carboxylic acids is 1. The summed E-state index contributed by atoms with van der Waals surface area (Å²) >= 11 is 6.05. The summed E-state index contributed by atoms with van der Waals surface area (Å²) in [4.78, 5) is 30.9. The Labute approximate surface area is 231 Å². The first-order valence-electron chi connectivity index (χ1n) is 13.2. The predicted molar refractivity (Wildman–Crippen MR) is 152 cm³/mol. The molecular weight excluding hydrogens is 512 g/mol. The molecule has 0 radical (unpaired) electrons. The van der Waals surface area contributed by atoms with Crippen LogP contribution in [0.3, 0.4) is 0 Å². The smallest absolute Gasteiger partial charge is 0.263 e. The third-order valence-corrected chi connectivity index (χ3v) is 7.62. The first-order valence-corrected chi connectivity index (χ1v) is 13.6. The molecule has 0 bridgehead atoms. The van der Waals surface area contributed by atoms with Crippen LogP contribution in [0.5, 0.6) is 0 Å². The van der Waals surface area contributed by atoms with Crippen molar-refractivity contribution in [2.75, 3.05) is 26.2 Å². The highest BCUT2D eigenvalue weighted by molar-refractivity contribution is 6.30. The maximum Gasteiger partial charge on any atom is 0.263 e. The summed E-state index contributed by atoms with van der Waals surface area (Å²) in [5, 5.41) is 10.1. The molecule has 2 aromatic heterocycles. The number of fused-ring (bicyclic) bond motifs is 3. The summed E-state index contributed by atoms with van der Waals surface area (Å²) in [5.74, 6) is 1.25. The second-order valence-corrected chi connectivity index (χ2v) is 10.4. The van der Waals surface area contributed by atoms with E-state index in [0.29, 0.717) is 41.4 Å². The number of hydrogen-bond acceptors (Lipinski definition) is 5. The van der Waals surface area contributed by atoms with Gasteiger partial charge in [0.25, 0.3) is 5.56 Å². The molecule has 0 aliphatic carbocycles. The van der Waals surface area contributed by atoms with Gasteiger partial charge in [-0.05, 0) is 35.4 Å². The molecule has 1 aliphatic rings. The van der Waals surface area contributed by atoms with Crippen molar-refractivity contribution in [1.82, 2.24) is 29.0 Å². The van der Waals surface area contributed by atoms with Gasteiger partial charge in [0.05, 0.1) is 17.4 Å².